The van der Waals surface area contributed by atoms with Crippen molar-refractivity contribution in [1.82, 2.24) is 9.88 Å². The molecule has 0 radical (unpaired) electrons. The van der Waals surface area contributed by atoms with Gasteiger partial charge in [-0.15, -0.1) is 0 Å². The molecule has 1 N–H and O–H groups in total. The molecule has 102 valence electrons. The number of aromatic nitrogens is 1. The summed E-state index contributed by atoms with van der Waals surface area (Å²) in [4.78, 5) is 8.33. The van der Waals surface area contributed by atoms with E-state index in [0.717, 1.165) is 26.2 Å². The summed E-state index contributed by atoms with van der Waals surface area (Å²) in [7, 11) is 2.20. The average Bonchev–Trinajstić information content (AvgIpc) is 2.87. The van der Waals surface area contributed by atoms with E-state index in [2.05, 4.69) is 60.1 Å². The van der Waals surface area contributed by atoms with Crippen molar-refractivity contribution in [2.24, 2.45) is 0 Å². The first-order valence-corrected chi connectivity index (χ1v) is 7.20. The number of H-pyrrole nitrogens is 1. The van der Waals surface area contributed by atoms with Gasteiger partial charge < -0.3 is 14.8 Å². The fourth-order valence-corrected chi connectivity index (χ4v) is 2.98. The highest BCUT2D eigenvalue weighted by Crippen LogP contribution is 2.32. The van der Waals surface area contributed by atoms with E-state index in [1.807, 2.05) is 0 Å². The van der Waals surface area contributed by atoms with Crippen LogP contribution in [0, 0.1) is 0 Å². The van der Waals surface area contributed by atoms with Gasteiger partial charge in [0.15, 0.2) is 0 Å². The maximum Gasteiger partial charge on any atom is 0.0694 e. The van der Waals surface area contributed by atoms with Gasteiger partial charge in [0.25, 0.3) is 0 Å². The number of likely N-dealkylation sites (N-methyl/N-ethyl adjacent to an activating group) is 1. The van der Waals surface area contributed by atoms with Crippen molar-refractivity contribution >= 4 is 16.6 Å². The van der Waals surface area contributed by atoms with E-state index >= 15 is 0 Å². The average molecular weight is 257 g/mol. The summed E-state index contributed by atoms with van der Waals surface area (Å²) in [5.74, 6) is 0.569. The lowest BCUT2D eigenvalue weighted by atomic mass is 9.98. The van der Waals surface area contributed by atoms with Crippen LogP contribution in [0.25, 0.3) is 10.9 Å². The smallest absolute Gasteiger partial charge is 0.0694 e. The maximum atomic E-state index is 3.44. The summed E-state index contributed by atoms with van der Waals surface area (Å²) in [6, 6.07) is 6.80. The largest absolute Gasteiger partial charge is 0.367 e. The lowest BCUT2D eigenvalue weighted by molar-refractivity contribution is 0.313. The van der Waals surface area contributed by atoms with E-state index < -0.39 is 0 Å². The first-order valence-electron chi connectivity index (χ1n) is 7.20. The fraction of sp³-hybridized carbons (Fsp3) is 0.500. The van der Waals surface area contributed by atoms with E-state index in [4.69, 9.17) is 0 Å². The van der Waals surface area contributed by atoms with Crippen LogP contribution < -0.4 is 4.90 Å². The van der Waals surface area contributed by atoms with Crippen LogP contribution in [0.1, 0.15) is 25.3 Å². The molecule has 0 atom stereocenters. The number of hydrogen-bond acceptors (Lipinski definition) is 2. The Labute approximate surface area is 115 Å². The fourth-order valence-electron chi connectivity index (χ4n) is 2.98. The van der Waals surface area contributed by atoms with E-state index in [1.165, 1.54) is 22.2 Å². The van der Waals surface area contributed by atoms with Gasteiger partial charge in [-0.05, 0) is 30.7 Å². The van der Waals surface area contributed by atoms with Crippen LogP contribution in [0.5, 0.6) is 0 Å². The summed E-state index contributed by atoms with van der Waals surface area (Å²) in [5.41, 5.74) is 4.10. The molecule has 1 aromatic heterocycles. The standard InChI is InChI=1S/C16H23N3/c1-12(2)13-4-5-15(16-14(13)6-7-17-16)19-10-8-18(3)9-11-19/h4-7,12,17H,8-11H2,1-3H3. The second-order valence-electron chi connectivity index (χ2n) is 5.89. The Bertz CT molecular complexity index is 562. The second kappa shape index (κ2) is 4.89. The molecule has 1 aromatic carbocycles. The van der Waals surface area contributed by atoms with Gasteiger partial charge in [-0.3, -0.25) is 0 Å². The molecule has 0 amide bonds. The van der Waals surface area contributed by atoms with Gasteiger partial charge in [-0.1, -0.05) is 19.9 Å². The van der Waals surface area contributed by atoms with E-state index in [9.17, 15) is 0 Å². The number of benzene rings is 1. The van der Waals surface area contributed by atoms with Crippen LogP contribution in [0.15, 0.2) is 24.4 Å². The predicted molar refractivity (Wildman–Crippen MR) is 82.1 cm³/mol. The third kappa shape index (κ3) is 2.23. The van der Waals surface area contributed by atoms with Gasteiger partial charge in [-0.2, -0.15) is 0 Å². The number of fused-ring (bicyclic) bond motifs is 1. The number of nitrogens with one attached hydrogen (secondary N) is 1. The SMILES string of the molecule is CC(C)c1ccc(N2CCN(C)CC2)c2[nH]ccc12. The summed E-state index contributed by atoms with van der Waals surface area (Å²) in [6.07, 6.45) is 2.07. The second-order valence-corrected chi connectivity index (χ2v) is 5.89. The first-order chi connectivity index (χ1) is 9.16. The molecule has 0 unspecified atom stereocenters. The van der Waals surface area contributed by atoms with Crippen LogP contribution in [-0.4, -0.2) is 43.1 Å². The highest BCUT2D eigenvalue weighted by atomic mass is 15.2. The van der Waals surface area contributed by atoms with Crippen molar-refractivity contribution in [2.45, 2.75) is 19.8 Å². The molecule has 3 nitrogen and oxygen atoms in total. The molecule has 1 fully saturated rings. The minimum absolute atomic E-state index is 0.569. The molecule has 3 rings (SSSR count). The molecular weight excluding hydrogens is 234 g/mol. The van der Waals surface area contributed by atoms with Crippen molar-refractivity contribution in [1.29, 1.82) is 0 Å². The van der Waals surface area contributed by atoms with Crippen LogP contribution >= 0.6 is 0 Å². The van der Waals surface area contributed by atoms with Crippen LogP contribution in [0.4, 0.5) is 5.69 Å². The quantitative estimate of drug-likeness (QED) is 0.893. The highest BCUT2D eigenvalue weighted by molar-refractivity contribution is 5.94. The monoisotopic (exact) mass is 257 g/mol. The zero-order valence-electron chi connectivity index (χ0n) is 12.1. The summed E-state index contributed by atoms with van der Waals surface area (Å²) >= 11 is 0. The highest BCUT2D eigenvalue weighted by Gasteiger charge is 2.18. The molecule has 0 aliphatic carbocycles. The molecule has 0 spiro atoms. The molecule has 1 saturated heterocycles. The van der Waals surface area contributed by atoms with Crippen LogP contribution in [0.3, 0.4) is 0 Å². The normalized spacial score (nSPS) is 17.6. The zero-order valence-corrected chi connectivity index (χ0v) is 12.1. The molecule has 1 aliphatic rings. The van der Waals surface area contributed by atoms with Crippen molar-refractivity contribution in [3.8, 4) is 0 Å². The molecule has 0 saturated carbocycles. The summed E-state index contributed by atoms with van der Waals surface area (Å²) in [6.45, 7) is 9.05. The molecule has 19 heavy (non-hydrogen) atoms. The van der Waals surface area contributed by atoms with Crippen LogP contribution in [-0.2, 0) is 0 Å². The molecule has 0 bridgehead atoms. The van der Waals surface area contributed by atoms with E-state index in [1.54, 1.807) is 0 Å². The zero-order chi connectivity index (χ0) is 13.4. The molecule has 3 heteroatoms. The number of rotatable bonds is 2. The molecule has 2 aromatic rings. The number of nitrogens with zero attached hydrogens (tertiary/aromatic N) is 2. The minimum atomic E-state index is 0.569. The Hall–Kier alpha value is -1.48. The van der Waals surface area contributed by atoms with Gasteiger partial charge in [0.05, 0.1) is 11.2 Å². The topological polar surface area (TPSA) is 22.3 Å². The van der Waals surface area contributed by atoms with Gasteiger partial charge in [0.2, 0.25) is 0 Å². The number of anilines is 1. The maximum absolute atomic E-state index is 3.44. The van der Waals surface area contributed by atoms with Crippen molar-refractivity contribution < 1.29 is 0 Å². The van der Waals surface area contributed by atoms with Gasteiger partial charge in [-0.25, -0.2) is 0 Å². The number of hydrogen-bond donors (Lipinski definition) is 1. The summed E-state index contributed by atoms with van der Waals surface area (Å²) < 4.78 is 0. The minimum Gasteiger partial charge on any atom is -0.367 e. The van der Waals surface area contributed by atoms with E-state index in [0.29, 0.717) is 5.92 Å². The number of piperazine rings is 1. The molecule has 1 aliphatic heterocycles. The first kappa shape index (κ1) is 12.5. The molecule has 2 heterocycles. The Morgan fingerprint density at radius 1 is 1.05 bits per heavy atom. The van der Waals surface area contributed by atoms with Crippen molar-refractivity contribution in [3.05, 3.63) is 30.0 Å². The third-order valence-corrected chi connectivity index (χ3v) is 4.20. The van der Waals surface area contributed by atoms with Crippen molar-refractivity contribution in [2.75, 3.05) is 38.1 Å². The summed E-state index contributed by atoms with van der Waals surface area (Å²) in [5, 5.41) is 1.38. The lowest BCUT2D eigenvalue weighted by Crippen LogP contribution is -2.44. The predicted octanol–water partition coefficient (Wildman–Crippen LogP) is 3.04. The Kier molecular flexibility index (Phi) is 3.23. The lowest BCUT2D eigenvalue weighted by Gasteiger charge is -2.34. The third-order valence-electron chi connectivity index (χ3n) is 4.20. The van der Waals surface area contributed by atoms with E-state index in [-0.39, 0.29) is 0 Å². The number of aromatic amines is 1. The Morgan fingerprint density at radius 2 is 1.79 bits per heavy atom. The Morgan fingerprint density at radius 3 is 2.47 bits per heavy atom. The Balaban J connectivity index is 2.01. The van der Waals surface area contributed by atoms with Gasteiger partial charge >= 0.3 is 0 Å². The van der Waals surface area contributed by atoms with Crippen LogP contribution in [0.2, 0.25) is 0 Å². The van der Waals surface area contributed by atoms with Crippen molar-refractivity contribution in [3.63, 3.8) is 0 Å². The molecular formula is C16H23N3. The van der Waals surface area contributed by atoms with Gasteiger partial charge in [0.1, 0.15) is 0 Å². The van der Waals surface area contributed by atoms with Gasteiger partial charge in [0, 0.05) is 37.8 Å².